The Balaban J connectivity index is 2.27. The van der Waals surface area contributed by atoms with E-state index in [1.807, 2.05) is 6.08 Å². The minimum atomic E-state index is -1.58. The molecule has 0 aromatic rings. The SMILES string of the molecule is CCCCCCCCCC/C=C/CC/C=C/CC/C=C/C(O)C(COC1OC(CO)C(O)C(O)C1O)NC(=O)CCCCCCCCCCC/C=C\CCCCCCCCCCCCCC. The molecule has 1 amide bonds. The van der Waals surface area contributed by atoms with Gasteiger partial charge in [-0.15, -0.1) is 0 Å². The number of aliphatic hydroxyl groups is 5. The Bertz CT molecular complexity index is 1170. The smallest absolute Gasteiger partial charge is 0.220 e. The van der Waals surface area contributed by atoms with Crippen LogP contribution in [0.3, 0.4) is 0 Å². The minimum absolute atomic E-state index is 0.192. The van der Waals surface area contributed by atoms with Gasteiger partial charge in [-0.25, -0.2) is 0 Å². The second kappa shape index (κ2) is 46.9. The first-order valence-electron chi connectivity index (χ1n) is 27.9. The number of allylic oxidation sites excluding steroid dienone is 7. The fraction of sp³-hybridized carbons (Fsp3) is 0.842. The van der Waals surface area contributed by atoms with Crippen LogP contribution >= 0.6 is 0 Å². The van der Waals surface area contributed by atoms with Gasteiger partial charge in [0.25, 0.3) is 0 Å². The van der Waals surface area contributed by atoms with E-state index in [-0.39, 0.29) is 12.5 Å². The maximum Gasteiger partial charge on any atom is 0.220 e. The molecule has 1 aliphatic rings. The van der Waals surface area contributed by atoms with Gasteiger partial charge in [0.1, 0.15) is 24.4 Å². The van der Waals surface area contributed by atoms with Gasteiger partial charge in [0.05, 0.1) is 25.4 Å². The Morgan fingerprint density at radius 2 is 0.864 bits per heavy atom. The lowest BCUT2D eigenvalue weighted by Gasteiger charge is -2.40. The fourth-order valence-electron chi connectivity index (χ4n) is 8.65. The molecule has 0 saturated carbocycles. The predicted octanol–water partition coefficient (Wildman–Crippen LogP) is 13.3. The van der Waals surface area contributed by atoms with Crippen LogP contribution in [-0.2, 0) is 14.3 Å². The predicted molar refractivity (Wildman–Crippen MR) is 276 cm³/mol. The van der Waals surface area contributed by atoms with Crippen molar-refractivity contribution in [2.45, 2.75) is 294 Å². The molecule has 0 radical (unpaired) electrons. The molecule has 0 bridgehead atoms. The molecule has 1 aliphatic heterocycles. The van der Waals surface area contributed by atoms with Gasteiger partial charge in [-0.3, -0.25) is 4.79 Å². The first-order chi connectivity index (χ1) is 32.3. The lowest BCUT2D eigenvalue weighted by molar-refractivity contribution is -0.302. The van der Waals surface area contributed by atoms with E-state index in [9.17, 15) is 30.3 Å². The minimum Gasteiger partial charge on any atom is -0.394 e. The van der Waals surface area contributed by atoms with Crippen LogP contribution in [0.2, 0.25) is 0 Å². The number of carbonyl (C=O) groups is 1. The Labute approximate surface area is 405 Å². The molecule has 1 rings (SSSR count). The van der Waals surface area contributed by atoms with Crippen LogP contribution in [-0.4, -0.2) is 87.5 Å². The summed E-state index contributed by atoms with van der Waals surface area (Å²) in [5.74, 6) is -0.192. The first kappa shape index (κ1) is 62.2. The number of nitrogens with one attached hydrogen (secondary N) is 1. The van der Waals surface area contributed by atoms with Crippen molar-refractivity contribution in [1.82, 2.24) is 5.32 Å². The van der Waals surface area contributed by atoms with E-state index in [1.54, 1.807) is 6.08 Å². The highest BCUT2D eigenvalue weighted by molar-refractivity contribution is 5.76. The molecule has 1 saturated heterocycles. The summed E-state index contributed by atoms with van der Waals surface area (Å²) in [6, 6.07) is -0.830. The topological polar surface area (TPSA) is 149 Å². The maximum absolute atomic E-state index is 13.0. The Morgan fingerprint density at radius 1 is 0.500 bits per heavy atom. The summed E-state index contributed by atoms with van der Waals surface area (Å²) in [7, 11) is 0. The van der Waals surface area contributed by atoms with Gasteiger partial charge in [-0.1, -0.05) is 223 Å². The molecule has 1 heterocycles. The highest BCUT2D eigenvalue weighted by Gasteiger charge is 2.44. The summed E-state index contributed by atoms with van der Waals surface area (Å²) in [6.45, 7) is 3.77. The van der Waals surface area contributed by atoms with Gasteiger partial charge in [-0.2, -0.15) is 0 Å². The van der Waals surface area contributed by atoms with Crippen molar-refractivity contribution in [3.05, 3.63) is 48.6 Å². The zero-order valence-corrected chi connectivity index (χ0v) is 42.7. The van der Waals surface area contributed by atoms with Crippen LogP contribution in [0.15, 0.2) is 48.6 Å². The molecule has 7 atom stereocenters. The van der Waals surface area contributed by atoms with Crippen molar-refractivity contribution in [3.8, 4) is 0 Å². The summed E-state index contributed by atoms with van der Waals surface area (Å²) in [5.41, 5.74) is 0. The third-order valence-corrected chi connectivity index (χ3v) is 13.1. The molecular formula is C57H105NO8. The second-order valence-electron chi connectivity index (χ2n) is 19.4. The monoisotopic (exact) mass is 932 g/mol. The van der Waals surface area contributed by atoms with Gasteiger partial charge in [-0.05, 0) is 70.6 Å². The van der Waals surface area contributed by atoms with Gasteiger partial charge in [0.2, 0.25) is 5.91 Å². The molecule has 9 heteroatoms. The number of hydrogen-bond donors (Lipinski definition) is 6. The van der Waals surface area contributed by atoms with E-state index >= 15 is 0 Å². The molecule has 0 aromatic carbocycles. The van der Waals surface area contributed by atoms with E-state index < -0.39 is 49.5 Å². The molecule has 1 fully saturated rings. The van der Waals surface area contributed by atoms with Crippen molar-refractivity contribution in [3.63, 3.8) is 0 Å². The second-order valence-corrected chi connectivity index (χ2v) is 19.4. The number of hydrogen-bond acceptors (Lipinski definition) is 8. The van der Waals surface area contributed by atoms with Crippen LogP contribution in [0.25, 0.3) is 0 Å². The fourth-order valence-corrected chi connectivity index (χ4v) is 8.65. The van der Waals surface area contributed by atoms with Crippen molar-refractivity contribution in [2.75, 3.05) is 13.2 Å². The zero-order valence-electron chi connectivity index (χ0n) is 42.7. The summed E-state index contributed by atoms with van der Waals surface area (Å²) >= 11 is 0. The molecule has 6 N–H and O–H groups in total. The summed E-state index contributed by atoms with van der Waals surface area (Å²) < 4.78 is 11.2. The first-order valence-corrected chi connectivity index (χ1v) is 27.9. The average Bonchev–Trinajstić information content (AvgIpc) is 3.32. The van der Waals surface area contributed by atoms with E-state index in [0.717, 1.165) is 44.9 Å². The van der Waals surface area contributed by atoms with E-state index in [1.165, 1.54) is 186 Å². The normalized spacial score (nSPS) is 20.1. The molecule has 0 aromatic heterocycles. The number of aliphatic hydroxyl groups excluding tert-OH is 5. The lowest BCUT2D eigenvalue weighted by atomic mass is 9.99. The van der Waals surface area contributed by atoms with E-state index in [0.29, 0.717) is 6.42 Å². The summed E-state index contributed by atoms with van der Waals surface area (Å²) in [6.07, 6.45) is 54.6. The highest BCUT2D eigenvalue weighted by Crippen LogP contribution is 2.23. The lowest BCUT2D eigenvalue weighted by Crippen LogP contribution is -2.60. The summed E-state index contributed by atoms with van der Waals surface area (Å²) in [5, 5.41) is 54.4. The highest BCUT2D eigenvalue weighted by atomic mass is 16.7. The number of unbranched alkanes of at least 4 members (excludes halogenated alkanes) is 31. The molecule has 66 heavy (non-hydrogen) atoms. The van der Waals surface area contributed by atoms with Crippen LogP contribution in [0.1, 0.15) is 251 Å². The summed E-state index contributed by atoms with van der Waals surface area (Å²) in [4.78, 5) is 13.0. The molecule has 0 aliphatic carbocycles. The van der Waals surface area contributed by atoms with Crippen LogP contribution in [0, 0.1) is 0 Å². The van der Waals surface area contributed by atoms with Crippen LogP contribution in [0.4, 0.5) is 0 Å². The maximum atomic E-state index is 13.0. The number of amides is 1. The molecule has 0 spiro atoms. The Hall–Kier alpha value is -1.85. The zero-order chi connectivity index (χ0) is 48.0. The number of carbonyl (C=O) groups excluding carboxylic acids is 1. The van der Waals surface area contributed by atoms with E-state index in [2.05, 4.69) is 55.6 Å². The molecular weight excluding hydrogens is 827 g/mol. The van der Waals surface area contributed by atoms with Crippen molar-refractivity contribution < 1.29 is 39.8 Å². The molecule has 386 valence electrons. The average molecular weight is 932 g/mol. The quantitative estimate of drug-likeness (QED) is 0.0261. The largest absolute Gasteiger partial charge is 0.394 e. The Kier molecular flexibility index (Phi) is 44.1. The van der Waals surface area contributed by atoms with Crippen LogP contribution < -0.4 is 5.32 Å². The number of ether oxygens (including phenoxy) is 2. The van der Waals surface area contributed by atoms with Gasteiger partial charge in [0.15, 0.2) is 6.29 Å². The van der Waals surface area contributed by atoms with E-state index in [4.69, 9.17) is 9.47 Å². The van der Waals surface area contributed by atoms with Gasteiger partial charge >= 0.3 is 0 Å². The standard InChI is InChI=1S/C57H105NO8/c1-3-5-7-9-11-13-15-17-19-21-23-24-25-26-27-28-29-31-33-35-37-39-41-43-45-47-53(61)58-50(49-65-57-56(64)55(63)54(62)52(48-59)66-57)51(60)46-44-42-40-38-36-34-32-30-22-20-18-16-14-12-10-8-6-4-2/h22,26-27,30,36,38,44,46,50-52,54-57,59-60,62-64H,3-21,23-25,28-29,31-35,37,39-43,45,47-49H2,1-2H3,(H,58,61)/b27-26-,30-22+,38-36+,46-44+. The molecule has 7 unspecified atom stereocenters. The van der Waals surface area contributed by atoms with Crippen molar-refractivity contribution >= 4 is 5.91 Å². The Morgan fingerprint density at radius 3 is 1.27 bits per heavy atom. The van der Waals surface area contributed by atoms with Gasteiger partial charge in [0, 0.05) is 6.42 Å². The van der Waals surface area contributed by atoms with Crippen LogP contribution in [0.5, 0.6) is 0 Å². The third-order valence-electron chi connectivity index (χ3n) is 13.1. The molecule has 9 nitrogen and oxygen atoms in total. The van der Waals surface area contributed by atoms with Gasteiger partial charge < -0.3 is 40.3 Å². The number of rotatable bonds is 47. The van der Waals surface area contributed by atoms with Crippen molar-refractivity contribution in [2.24, 2.45) is 0 Å². The van der Waals surface area contributed by atoms with Crippen molar-refractivity contribution in [1.29, 1.82) is 0 Å². The third kappa shape index (κ3) is 36.2.